The van der Waals surface area contributed by atoms with Gasteiger partial charge in [-0.3, -0.25) is 0 Å². The third-order valence-corrected chi connectivity index (χ3v) is 4.92. The lowest BCUT2D eigenvalue weighted by molar-refractivity contribution is -0.0337. The van der Waals surface area contributed by atoms with Crippen LogP contribution >= 0.6 is 0 Å². The van der Waals surface area contributed by atoms with Crippen molar-refractivity contribution in [1.82, 2.24) is 0 Å². The Morgan fingerprint density at radius 3 is 2.29 bits per heavy atom. The first-order valence-electron chi connectivity index (χ1n) is 7.23. The number of anilines is 1. The van der Waals surface area contributed by atoms with Crippen LogP contribution in [0, 0.1) is 13.8 Å². The number of rotatable bonds is 3. The smallest absolute Gasteiger partial charge is 0.238 e. The third kappa shape index (κ3) is 3.96. The van der Waals surface area contributed by atoms with E-state index in [1.807, 2.05) is 13.8 Å². The predicted octanol–water partition coefficient (Wildman–Crippen LogP) is 2.32. The van der Waals surface area contributed by atoms with Crippen molar-refractivity contribution < 1.29 is 13.2 Å². The lowest BCUT2D eigenvalue weighted by Crippen LogP contribution is -2.37. The van der Waals surface area contributed by atoms with Gasteiger partial charge in [0.05, 0.1) is 17.1 Å². The largest absolute Gasteiger partial charge is 0.382 e. The van der Waals surface area contributed by atoms with Gasteiger partial charge >= 0.3 is 0 Å². The molecular weight excluding hydrogens is 288 g/mol. The van der Waals surface area contributed by atoms with E-state index < -0.39 is 10.0 Å². The Labute approximate surface area is 126 Å². The van der Waals surface area contributed by atoms with Gasteiger partial charge in [0.2, 0.25) is 10.0 Å². The van der Waals surface area contributed by atoms with Crippen LogP contribution in [0.1, 0.15) is 37.8 Å². The number of ether oxygens (including phenoxy) is 1. The molecule has 118 valence electrons. The summed E-state index contributed by atoms with van der Waals surface area (Å²) in [5.41, 5.74) is 2.80. The van der Waals surface area contributed by atoms with Crippen molar-refractivity contribution in [2.45, 2.75) is 63.7 Å². The zero-order chi connectivity index (χ0) is 15.8. The number of aryl methyl sites for hydroxylation is 1. The number of primary sulfonamides is 1. The Morgan fingerprint density at radius 1 is 1.19 bits per heavy atom. The lowest BCUT2D eigenvalue weighted by atomic mass is 9.98. The molecule has 6 heteroatoms. The fourth-order valence-corrected chi connectivity index (χ4v) is 3.51. The second kappa shape index (κ2) is 5.94. The summed E-state index contributed by atoms with van der Waals surface area (Å²) < 4.78 is 28.9. The number of benzene rings is 1. The highest BCUT2D eigenvalue weighted by atomic mass is 32.2. The SMILES string of the molecule is Cc1cc(S(N)(=O)=O)cc(NC2CC(C)OC(C)C2)c1C. The van der Waals surface area contributed by atoms with Gasteiger partial charge in [0.1, 0.15) is 0 Å². The van der Waals surface area contributed by atoms with Gasteiger partial charge in [0.15, 0.2) is 0 Å². The minimum atomic E-state index is -3.69. The standard InChI is InChI=1S/C15H24N2O3S/c1-9-5-14(21(16,18)19)8-15(12(9)4)17-13-6-10(2)20-11(3)7-13/h5,8,10-11,13,17H,6-7H2,1-4H3,(H2,16,18,19). The summed E-state index contributed by atoms with van der Waals surface area (Å²) in [6, 6.07) is 3.52. The molecule has 5 nitrogen and oxygen atoms in total. The molecule has 3 N–H and O–H groups in total. The Hall–Kier alpha value is -1.11. The van der Waals surface area contributed by atoms with Gasteiger partial charge in [0.25, 0.3) is 0 Å². The van der Waals surface area contributed by atoms with Crippen molar-refractivity contribution in [3.05, 3.63) is 23.3 Å². The summed E-state index contributed by atoms with van der Waals surface area (Å²) in [7, 11) is -3.69. The minimum Gasteiger partial charge on any atom is -0.382 e. The molecule has 1 aliphatic heterocycles. The molecule has 0 aliphatic carbocycles. The first-order valence-corrected chi connectivity index (χ1v) is 8.77. The molecule has 2 unspecified atom stereocenters. The molecule has 1 heterocycles. The molecule has 0 saturated carbocycles. The van der Waals surface area contributed by atoms with E-state index in [-0.39, 0.29) is 23.1 Å². The highest BCUT2D eigenvalue weighted by molar-refractivity contribution is 7.89. The fourth-order valence-electron chi connectivity index (χ4n) is 2.88. The van der Waals surface area contributed by atoms with E-state index in [0.29, 0.717) is 0 Å². The van der Waals surface area contributed by atoms with E-state index in [4.69, 9.17) is 9.88 Å². The quantitative estimate of drug-likeness (QED) is 0.897. The van der Waals surface area contributed by atoms with Crippen LogP contribution in [-0.4, -0.2) is 26.7 Å². The van der Waals surface area contributed by atoms with Crippen molar-refractivity contribution in [1.29, 1.82) is 0 Å². The highest BCUT2D eigenvalue weighted by Gasteiger charge is 2.25. The molecule has 1 saturated heterocycles. The lowest BCUT2D eigenvalue weighted by Gasteiger charge is -2.33. The molecule has 0 radical (unpaired) electrons. The monoisotopic (exact) mass is 312 g/mol. The zero-order valence-electron chi connectivity index (χ0n) is 13.0. The van der Waals surface area contributed by atoms with Gasteiger partial charge < -0.3 is 10.1 Å². The summed E-state index contributed by atoms with van der Waals surface area (Å²) in [6.07, 6.45) is 2.22. The number of hydrogen-bond donors (Lipinski definition) is 2. The van der Waals surface area contributed by atoms with Gasteiger partial charge in [-0.25, -0.2) is 13.6 Å². The van der Waals surface area contributed by atoms with E-state index in [0.717, 1.165) is 29.7 Å². The Bertz CT molecular complexity index is 618. The van der Waals surface area contributed by atoms with Gasteiger partial charge in [-0.2, -0.15) is 0 Å². The first-order chi connectivity index (χ1) is 9.66. The molecule has 2 atom stereocenters. The third-order valence-electron chi connectivity index (χ3n) is 4.03. The molecule has 0 spiro atoms. The van der Waals surface area contributed by atoms with Crippen molar-refractivity contribution in [2.24, 2.45) is 5.14 Å². The zero-order valence-corrected chi connectivity index (χ0v) is 13.8. The second-order valence-corrected chi connectivity index (χ2v) is 7.59. The average molecular weight is 312 g/mol. The van der Waals surface area contributed by atoms with Crippen molar-refractivity contribution >= 4 is 15.7 Å². The topological polar surface area (TPSA) is 81.4 Å². The van der Waals surface area contributed by atoms with Crippen molar-refractivity contribution in [3.63, 3.8) is 0 Å². The maximum Gasteiger partial charge on any atom is 0.238 e. The molecule has 1 aliphatic rings. The summed E-state index contributed by atoms with van der Waals surface area (Å²) in [6.45, 7) is 7.99. The van der Waals surface area contributed by atoms with Gasteiger partial charge in [-0.15, -0.1) is 0 Å². The van der Waals surface area contributed by atoms with E-state index in [2.05, 4.69) is 19.2 Å². The van der Waals surface area contributed by atoms with Crippen molar-refractivity contribution in [3.8, 4) is 0 Å². The van der Waals surface area contributed by atoms with Gasteiger partial charge in [-0.1, -0.05) is 0 Å². The van der Waals surface area contributed by atoms with Crippen LogP contribution in [0.4, 0.5) is 5.69 Å². The normalized spacial score (nSPS) is 26.6. The predicted molar refractivity (Wildman–Crippen MR) is 83.9 cm³/mol. The molecule has 2 rings (SSSR count). The van der Waals surface area contributed by atoms with Crippen LogP contribution in [0.15, 0.2) is 17.0 Å². The van der Waals surface area contributed by atoms with Crippen LogP contribution in [0.3, 0.4) is 0 Å². The summed E-state index contributed by atoms with van der Waals surface area (Å²) >= 11 is 0. The molecule has 1 fully saturated rings. The molecule has 0 bridgehead atoms. The van der Waals surface area contributed by atoms with Crippen LogP contribution in [-0.2, 0) is 14.8 Å². The van der Waals surface area contributed by atoms with Crippen LogP contribution in [0.25, 0.3) is 0 Å². The molecule has 21 heavy (non-hydrogen) atoms. The summed E-state index contributed by atoms with van der Waals surface area (Å²) in [4.78, 5) is 0.154. The minimum absolute atomic E-state index is 0.154. The van der Waals surface area contributed by atoms with E-state index >= 15 is 0 Å². The molecule has 0 amide bonds. The van der Waals surface area contributed by atoms with E-state index in [1.165, 1.54) is 0 Å². The Balaban J connectivity index is 2.29. The Kier molecular flexibility index (Phi) is 4.60. The van der Waals surface area contributed by atoms with Gasteiger partial charge in [0, 0.05) is 11.7 Å². The van der Waals surface area contributed by atoms with E-state index in [1.54, 1.807) is 12.1 Å². The number of nitrogens with one attached hydrogen (secondary N) is 1. The van der Waals surface area contributed by atoms with Crippen molar-refractivity contribution in [2.75, 3.05) is 5.32 Å². The van der Waals surface area contributed by atoms with Crippen LogP contribution in [0.5, 0.6) is 0 Å². The van der Waals surface area contributed by atoms with Crippen LogP contribution in [0.2, 0.25) is 0 Å². The van der Waals surface area contributed by atoms with Crippen LogP contribution < -0.4 is 10.5 Å². The Morgan fingerprint density at radius 2 is 1.76 bits per heavy atom. The van der Waals surface area contributed by atoms with Gasteiger partial charge in [-0.05, 0) is 63.8 Å². The molecule has 0 aromatic heterocycles. The maximum atomic E-state index is 11.6. The average Bonchev–Trinajstić information content (AvgIpc) is 2.32. The summed E-state index contributed by atoms with van der Waals surface area (Å²) in [5.74, 6) is 0. The molecule has 1 aromatic carbocycles. The molecule has 1 aromatic rings. The maximum absolute atomic E-state index is 11.6. The number of hydrogen-bond acceptors (Lipinski definition) is 4. The second-order valence-electron chi connectivity index (χ2n) is 6.03. The number of sulfonamides is 1. The number of nitrogens with two attached hydrogens (primary N) is 1. The highest BCUT2D eigenvalue weighted by Crippen LogP contribution is 2.28. The molecular formula is C15H24N2O3S. The van der Waals surface area contributed by atoms with E-state index in [9.17, 15) is 8.42 Å². The summed E-state index contributed by atoms with van der Waals surface area (Å²) in [5, 5.41) is 8.71. The first kappa shape index (κ1) is 16.3. The fraction of sp³-hybridized carbons (Fsp3) is 0.600.